The summed E-state index contributed by atoms with van der Waals surface area (Å²) >= 11 is 0. The number of nitrogens with zero attached hydrogens (tertiary/aromatic N) is 2. The molecule has 4 nitrogen and oxygen atoms in total. The molecule has 0 aliphatic heterocycles. The molecule has 0 amide bonds. The molecule has 7 aromatic carbocycles. The third-order valence-corrected chi connectivity index (χ3v) is 9.58. The number of fused-ring (bicyclic) bond motifs is 4. The maximum absolute atomic E-state index is 14.0. The van der Waals surface area contributed by atoms with E-state index in [4.69, 9.17) is 0 Å². The first-order valence-electron chi connectivity index (χ1n) is 16.4. The van der Waals surface area contributed by atoms with Gasteiger partial charge >= 0.3 is 0 Å². The van der Waals surface area contributed by atoms with Crippen LogP contribution in [0.2, 0.25) is 0 Å². The Bertz CT molecular complexity index is 2710. The number of aromatic nitrogens is 1. The highest BCUT2D eigenvalue weighted by Gasteiger charge is 2.20. The lowest BCUT2D eigenvalue weighted by Crippen LogP contribution is -2.15. The van der Waals surface area contributed by atoms with Crippen LogP contribution in [0.25, 0.3) is 60.3 Å². The Labute approximate surface area is 282 Å². The molecule has 9 rings (SSSR count). The zero-order chi connectivity index (χ0) is 33.1. The smallest absolute Gasteiger partial charge is 0.197 e. The number of aryl methyl sites for hydroxylation is 1. The molecular weight excluding hydrogens is 601 g/mol. The van der Waals surface area contributed by atoms with Gasteiger partial charge in [0.25, 0.3) is 0 Å². The molecule has 2 aromatic heterocycles. The van der Waals surface area contributed by atoms with Crippen LogP contribution in [0.1, 0.15) is 5.56 Å². The second-order valence-electron chi connectivity index (χ2n) is 12.6. The minimum atomic E-state index is -0.0796. The van der Waals surface area contributed by atoms with E-state index in [0.29, 0.717) is 27.1 Å². The minimum absolute atomic E-state index is 0.0576. The lowest BCUT2D eigenvalue weighted by Gasteiger charge is -2.26. The molecular formula is C45H30N2O2. The third kappa shape index (κ3) is 4.68. The number of hydrogen-bond donors (Lipinski definition) is 0. The van der Waals surface area contributed by atoms with Crippen LogP contribution in [-0.4, -0.2) is 4.40 Å². The van der Waals surface area contributed by atoms with E-state index in [1.165, 1.54) is 0 Å². The summed E-state index contributed by atoms with van der Waals surface area (Å²) in [4.78, 5) is 30.0. The minimum Gasteiger partial charge on any atom is -0.310 e. The molecule has 0 bridgehead atoms. The molecule has 0 atom stereocenters. The average molecular weight is 631 g/mol. The maximum atomic E-state index is 14.0. The number of para-hydroxylation sites is 1. The number of benzene rings is 7. The topological polar surface area (TPSA) is 41.8 Å². The highest BCUT2D eigenvalue weighted by atomic mass is 16.1. The Hall–Kier alpha value is -6.52. The van der Waals surface area contributed by atoms with E-state index in [-0.39, 0.29) is 10.9 Å². The summed E-state index contributed by atoms with van der Waals surface area (Å²) in [6.07, 6.45) is 0. The van der Waals surface area contributed by atoms with Crippen LogP contribution < -0.4 is 15.8 Å². The lowest BCUT2D eigenvalue weighted by molar-refractivity contribution is 1.26. The standard InChI is InChI=1S/C45H30N2O2/c1-29-15-26-41-40(27-29)45(49)39-14-8-13-38-43(39)47(41)42-28-36(24-25-37(42)44(38)48)46(34-20-16-32(17-21-34)30-9-4-2-5-10-30)35-22-18-33(19-23-35)31-11-6-3-7-12-31/h2-28H,1H3. The summed E-state index contributed by atoms with van der Waals surface area (Å²) in [5.74, 6) is 0. The zero-order valence-corrected chi connectivity index (χ0v) is 26.8. The molecule has 0 aliphatic rings. The first-order chi connectivity index (χ1) is 24.0. The first-order valence-corrected chi connectivity index (χ1v) is 16.4. The Kier molecular flexibility index (Phi) is 6.63. The van der Waals surface area contributed by atoms with Crippen molar-refractivity contribution in [1.82, 2.24) is 4.40 Å². The Morgan fingerprint density at radius 1 is 0.408 bits per heavy atom. The summed E-state index contributed by atoms with van der Waals surface area (Å²) in [5.41, 5.74) is 10.5. The number of hydrogen-bond acceptors (Lipinski definition) is 3. The van der Waals surface area contributed by atoms with Crippen molar-refractivity contribution in [2.24, 2.45) is 0 Å². The molecule has 0 fully saturated rings. The zero-order valence-electron chi connectivity index (χ0n) is 26.8. The number of pyridine rings is 2. The van der Waals surface area contributed by atoms with E-state index in [2.05, 4.69) is 112 Å². The van der Waals surface area contributed by atoms with Crippen molar-refractivity contribution in [1.29, 1.82) is 0 Å². The van der Waals surface area contributed by atoms with E-state index >= 15 is 0 Å². The molecule has 0 spiro atoms. The number of anilines is 3. The van der Waals surface area contributed by atoms with E-state index in [9.17, 15) is 9.59 Å². The molecule has 0 saturated heterocycles. The monoisotopic (exact) mass is 630 g/mol. The SMILES string of the molecule is Cc1ccc2c(c1)c(=O)c1cccc3c(=O)c4ccc(N(c5ccc(-c6ccccc6)cc5)c5ccc(-c6ccccc6)cc5)cc4n2c13. The van der Waals surface area contributed by atoms with Gasteiger partial charge < -0.3 is 9.30 Å². The highest BCUT2D eigenvalue weighted by molar-refractivity contribution is 6.08. The van der Waals surface area contributed by atoms with E-state index < -0.39 is 0 Å². The quantitative estimate of drug-likeness (QED) is 0.140. The lowest BCUT2D eigenvalue weighted by atomic mass is 10.0. The van der Waals surface area contributed by atoms with Gasteiger partial charge in [-0.3, -0.25) is 9.59 Å². The largest absolute Gasteiger partial charge is 0.310 e. The van der Waals surface area contributed by atoms with Gasteiger partial charge in [-0.25, -0.2) is 0 Å². The van der Waals surface area contributed by atoms with Crippen LogP contribution in [0.15, 0.2) is 173 Å². The fourth-order valence-corrected chi connectivity index (χ4v) is 7.19. The molecule has 0 saturated carbocycles. The molecule has 0 N–H and O–H groups in total. The Morgan fingerprint density at radius 2 is 0.918 bits per heavy atom. The molecule has 49 heavy (non-hydrogen) atoms. The summed E-state index contributed by atoms with van der Waals surface area (Å²) in [6.45, 7) is 2.00. The maximum Gasteiger partial charge on any atom is 0.197 e. The van der Waals surface area contributed by atoms with Crippen LogP contribution in [0.3, 0.4) is 0 Å². The van der Waals surface area contributed by atoms with Crippen LogP contribution in [-0.2, 0) is 0 Å². The average Bonchev–Trinajstić information content (AvgIpc) is 3.16. The van der Waals surface area contributed by atoms with Crippen LogP contribution in [0.4, 0.5) is 17.1 Å². The predicted octanol–water partition coefficient (Wildman–Crippen LogP) is 10.7. The van der Waals surface area contributed by atoms with Gasteiger partial charge in [0, 0.05) is 38.6 Å². The fraction of sp³-hybridized carbons (Fsp3) is 0.0222. The second-order valence-corrected chi connectivity index (χ2v) is 12.6. The van der Waals surface area contributed by atoms with E-state index in [0.717, 1.165) is 55.9 Å². The van der Waals surface area contributed by atoms with Crippen LogP contribution >= 0.6 is 0 Å². The van der Waals surface area contributed by atoms with Gasteiger partial charge in [-0.2, -0.15) is 0 Å². The highest BCUT2D eigenvalue weighted by Crippen LogP contribution is 2.38. The summed E-state index contributed by atoms with van der Waals surface area (Å²) < 4.78 is 2.11. The van der Waals surface area contributed by atoms with Crippen LogP contribution in [0.5, 0.6) is 0 Å². The van der Waals surface area contributed by atoms with Gasteiger partial charge in [-0.1, -0.05) is 103 Å². The Morgan fingerprint density at radius 3 is 1.49 bits per heavy atom. The van der Waals surface area contributed by atoms with Crippen molar-refractivity contribution in [2.75, 3.05) is 4.90 Å². The molecule has 0 aliphatic carbocycles. The van der Waals surface area contributed by atoms with Gasteiger partial charge in [0.2, 0.25) is 0 Å². The number of rotatable bonds is 5. The molecule has 232 valence electrons. The molecule has 4 heteroatoms. The van der Waals surface area contributed by atoms with Gasteiger partial charge in [0.15, 0.2) is 10.9 Å². The molecule has 2 heterocycles. The Balaban J connectivity index is 1.30. The summed E-state index contributed by atoms with van der Waals surface area (Å²) in [7, 11) is 0. The van der Waals surface area contributed by atoms with Gasteiger partial charge in [0.05, 0.1) is 16.6 Å². The summed E-state index contributed by atoms with van der Waals surface area (Å²) in [6, 6.07) is 55.3. The van der Waals surface area contributed by atoms with Crippen molar-refractivity contribution in [2.45, 2.75) is 6.92 Å². The van der Waals surface area contributed by atoms with Crippen molar-refractivity contribution < 1.29 is 0 Å². The van der Waals surface area contributed by atoms with E-state index in [1.807, 2.05) is 67.6 Å². The normalized spacial score (nSPS) is 11.5. The van der Waals surface area contributed by atoms with Gasteiger partial charge in [-0.15, -0.1) is 0 Å². The molecule has 0 radical (unpaired) electrons. The molecule has 0 unspecified atom stereocenters. The first kappa shape index (κ1) is 28.7. The van der Waals surface area contributed by atoms with E-state index in [1.54, 1.807) is 0 Å². The summed E-state index contributed by atoms with van der Waals surface area (Å²) in [5, 5.41) is 2.33. The van der Waals surface area contributed by atoms with Crippen molar-refractivity contribution in [3.63, 3.8) is 0 Å². The van der Waals surface area contributed by atoms with Gasteiger partial charge in [-0.05, 0) is 95.9 Å². The molecule has 9 aromatic rings. The van der Waals surface area contributed by atoms with Crippen molar-refractivity contribution >= 4 is 55.2 Å². The van der Waals surface area contributed by atoms with Crippen molar-refractivity contribution in [3.05, 3.63) is 190 Å². The fourth-order valence-electron chi connectivity index (χ4n) is 7.19. The predicted molar refractivity (Wildman–Crippen MR) is 204 cm³/mol. The third-order valence-electron chi connectivity index (χ3n) is 9.58. The van der Waals surface area contributed by atoms with Gasteiger partial charge in [0.1, 0.15) is 0 Å². The van der Waals surface area contributed by atoms with Crippen molar-refractivity contribution in [3.8, 4) is 22.3 Å². The van der Waals surface area contributed by atoms with Crippen LogP contribution in [0, 0.1) is 6.92 Å². The second kappa shape index (κ2) is 11.3.